The molecule has 0 radical (unpaired) electrons. The van der Waals surface area contributed by atoms with Crippen LogP contribution in [0.1, 0.15) is 32.8 Å². The standard InChI is InChI=1S/C22H24F2N4O6/c1-25(2)22(33)28-12-26(8-9-34-3)21(32)18-20(31)19(30)15(11-27(18)28)17(29)7-5-13-4-6-14(23)10-16(13)24/h4,6,10-11,31H,5,7-9,12H2,1-3H3. The van der Waals surface area contributed by atoms with Crippen molar-refractivity contribution in [2.75, 3.05) is 46.0 Å². The average Bonchev–Trinajstić information content (AvgIpc) is 2.79. The summed E-state index contributed by atoms with van der Waals surface area (Å²) in [7, 11) is 4.38. The van der Waals surface area contributed by atoms with Crippen molar-refractivity contribution >= 4 is 17.7 Å². The molecule has 1 N–H and O–H groups in total. The number of Topliss-reactive ketones (excluding diaryl/α,β-unsaturated/α-hetero) is 1. The monoisotopic (exact) mass is 478 g/mol. The molecule has 0 fully saturated rings. The summed E-state index contributed by atoms with van der Waals surface area (Å²) in [4.78, 5) is 53.7. The zero-order valence-electron chi connectivity index (χ0n) is 18.9. The van der Waals surface area contributed by atoms with Gasteiger partial charge < -0.3 is 19.6 Å². The van der Waals surface area contributed by atoms with Gasteiger partial charge in [0.1, 0.15) is 18.3 Å². The fourth-order valence-corrected chi connectivity index (χ4v) is 3.49. The fourth-order valence-electron chi connectivity index (χ4n) is 3.49. The predicted molar refractivity (Wildman–Crippen MR) is 116 cm³/mol. The predicted octanol–water partition coefficient (Wildman–Crippen LogP) is 1.33. The van der Waals surface area contributed by atoms with Gasteiger partial charge in [-0.3, -0.25) is 14.4 Å². The number of rotatable bonds is 7. The molecule has 0 spiro atoms. The first-order chi connectivity index (χ1) is 16.1. The number of aromatic nitrogens is 1. The maximum atomic E-state index is 13.9. The van der Waals surface area contributed by atoms with E-state index in [1.165, 1.54) is 37.1 Å². The summed E-state index contributed by atoms with van der Waals surface area (Å²) in [5.41, 5.74) is -1.96. The maximum absolute atomic E-state index is 13.9. The number of aromatic hydroxyl groups is 1. The van der Waals surface area contributed by atoms with Gasteiger partial charge in [-0.2, -0.15) is 0 Å². The molecule has 1 aromatic heterocycles. The largest absolute Gasteiger partial charge is 0.502 e. The van der Waals surface area contributed by atoms with E-state index < -0.39 is 51.8 Å². The van der Waals surface area contributed by atoms with Crippen LogP contribution in [-0.4, -0.2) is 78.3 Å². The fraction of sp³-hybridized carbons (Fsp3) is 0.364. The van der Waals surface area contributed by atoms with E-state index >= 15 is 0 Å². The van der Waals surface area contributed by atoms with E-state index in [4.69, 9.17) is 4.74 Å². The number of hydrogen-bond acceptors (Lipinski definition) is 6. The van der Waals surface area contributed by atoms with Crippen LogP contribution in [0.15, 0.2) is 29.2 Å². The minimum Gasteiger partial charge on any atom is -0.502 e. The molecular weight excluding hydrogens is 454 g/mol. The number of ketones is 1. The summed E-state index contributed by atoms with van der Waals surface area (Å²) in [6.45, 7) is 0.0181. The molecule has 2 aromatic rings. The number of fused-ring (bicyclic) bond motifs is 1. The summed E-state index contributed by atoms with van der Waals surface area (Å²) in [5.74, 6) is -4.04. The third kappa shape index (κ3) is 4.76. The van der Waals surface area contributed by atoms with Crippen LogP contribution >= 0.6 is 0 Å². The molecule has 1 aromatic carbocycles. The number of aryl methyl sites for hydroxylation is 1. The second-order valence-corrected chi connectivity index (χ2v) is 7.85. The number of ether oxygens (including phenoxy) is 1. The number of carbonyl (C=O) groups is 3. The molecule has 0 unspecified atom stereocenters. The number of benzene rings is 1. The van der Waals surface area contributed by atoms with Crippen LogP contribution in [0.3, 0.4) is 0 Å². The van der Waals surface area contributed by atoms with Crippen LogP contribution in [0, 0.1) is 11.6 Å². The smallest absolute Gasteiger partial charge is 0.340 e. The summed E-state index contributed by atoms with van der Waals surface area (Å²) in [5, 5.41) is 11.7. The first-order valence-electron chi connectivity index (χ1n) is 10.3. The van der Waals surface area contributed by atoms with E-state index in [0.29, 0.717) is 6.07 Å². The van der Waals surface area contributed by atoms with Crippen LogP contribution in [-0.2, 0) is 11.2 Å². The Kier molecular flexibility index (Phi) is 7.30. The van der Waals surface area contributed by atoms with Crippen LogP contribution < -0.4 is 10.4 Å². The first-order valence-corrected chi connectivity index (χ1v) is 10.3. The van der Waals surface area contributed by atoms with Gasteiger partial charge in [0, 0.05) is 46.4 Å². The van der Waals surface area contributed by atoms with Crippen molar-refractivity contribution in [2.45, 2.75) is 12.8 Å². The lowest BCUT2D eigenvalue weighted by molar-refractivity contribution is 0.0627. The number of hydrogen-bond donors (Lipinski definition) is 1. The van der Waals surface area contributed by atoms with E-state index in [2.05, 4.69) is 0 Å². The number of carbonyl (C=O) groups excluding carboxylic acids is 3. The number of nitrogens with zero attached hydrogens (tertiary/aromatic N) is 4. The summed E-state index contributed by atoms with van der Waals surface area (Å²) < 4.78 is 33.0. The van der Waals surface area contributed by atoms with Crippen LogP contribution in [0.25, 0.3) is 0 Å². The molecular formula is C22H24F2N4O6. The van der Waals surface area contributed by atoms with Gasteiger partial charge in [0.2, 0.25) is 5.43 Å². The second-order valence-electron chi connectivity index (χ2n) is 7.85. The molecule has 0 atom stereocenters. The minimum atomic E-state index is -1.09. The Hall–Kier alpha value is -3.80. The van der Waals surface area contributed by atoms with Crippen molar-refractivity contribution in [3.63, 3.8) is 0 Å². The van der Waals surface area contributed by atoms with Gasteiger partial charge in [-0.15, -0.1) is 0 Å². The number of methoxy groups -OCH3 is 1. The molecule has 3 rings (SSSR count). The van der Waals surface area contributed by atoms with Crippen molar-refractivity contribution in [3.8, 4) is 5.75 Å². The number of urea groups is 1. The van der Waals surface area contributed by atoms with Crippen molar-refractivity contribution in [1.82, 2.24) is 14.5 Å². The molecule has 1 aliphatic rings. The van der Waals surface area contributed by atoms with Crippen molar-refractivity contribution in [3.05, 3.63) is 63.1 Å². The third-order valence-corrected chi connectivity index (χ3v) is 5.32. The van der Waals surface area contributed by atoms with Crippen molar-refractivity contribution in [2.24, 2.45) is 0 Å². The maximum Gasteiger partial charge on any atom is 0.340 e. The first kappa shape index (κ1) is 24.8. The lowest BCUT2D eigenvalue weighted by atomic mass is 10.0. The summed E-state index contributed by atoms with van der Waals surface area (Å²) in [6.07, 6.45) is 0.566. The Labute approximate surface area is 193 Å². The molecule has 0 aliphatic carbocycles. The molecule has 12 heteroatoms. The molecule has 0 saturated carbocycles. The minimum absolute atomic E-state index is 0.0745. The highest BCUT2D eigenvalue weighted by atomic mass is 19.1. The summed E-state index contributed by atoms with van der Waals surface area (Å²) >= 11 is 0. The zero-order valence-corrected chi connectivity index (χ0v) is 18.9. The van der Waals surface area contributed by atoms with Crippen LogP contribution in [0.4, 0.5) is 13.6 Å². The van der Waals surface area contributed by atoms with E-state index in [0.717, 1.165) is 21.9 Å². The number of halogens is 2. The van der Waals surface area contributed by atoms with Gasteiger partial charge in [0.15, 0.2) is 17.2 Å². The number of amides is 3. The molecule has 0 saturated heterocycles. The zero-order chi connectivity index (χ0) is 25.2. The molecule has 1 aliphatic heterocycles. The van der Waals surface area contributed by atoms with Crippen LogP contribution in [0.2, 0.25) is 0 Å². The second kappa shape index (κ2) is 10.00. The number of pyridine rings is 1. The quantitative estimate of drug-likeness (QED) is 0.601. The SMILES string of the molecule is COCCN1CN(C(=O)N(C)C)n2cc(C(=O)CCc3ccc(F)cc3F)c(=O)c(O)c2C1=O. The Morgan fingerprint density at radius 1 is 1.21 bits per heavy atom. The van der Waals surface area contributed by atoms with E-state index in [9.17, 15) is 33.1 Å². The Bertz CT molecular complexity index is 1200. The topological polar surface area (TPSA) is 112 Å². The van der Waals surface area contributed by atoms with Gasteiger partial charge in [0.25, 0.3) is 5.91 Å². The van der Waals surface area contributed by atoms with Crippen LogP contribution in [0.5, 0.6) is 5.75 Å². The summed E-state index contributed by atoms with van der Waals surface area (Å²) in [6, 6.07) is 2.35. The molecule has 34 heavy (non-hydrogen) atoms. The Balaban J connectivity index is 2.00. The lowest BCUT2D eigenvalue weighted by Gasteiger charge is -2.39. The molecule has 10 nitrogen and oxygen atoms in total. The third-order valence-electron chi connectivity index (χ3n) is 5.32. The van der Waals surface area contributed by atoms with Gasteiger partial charge in [-0.05, 0) is 18.1 Å². The van der Waals surface area contributed by atoms with E-state index in [-0.39, 0.29) is 38.2 Å². The Morgan fingerprint density at radius 3 is 2.53 bits per heavy atom. The molecule has 182 valence electrons. The van der Waals surface area contributed by atoms with Crippen molar-refractivity contribution in [1.29, 1.82) is 0 Å². The highest BCUT2D eigenvalue weighted by Crippen LogP contribution is 2.23. The lowest BCUT2D eigenvalue weighted by Crippen LogP contribution is -2.59. The van der Waals surface area contributed by atoms with E-state index in [1.54, 1.807) is 0 Å². The Morgan fingerprint density at radius 2 is 1.91 bits per heavy atom. The molecule has 0 bridgehead atoms. The average molecular weight is 478 g/mol. The van der Waals surface area contributed by atoms with Gasteiger partial charge in [-0.25, -0.2) is 23.3 Å². The molecule has 3 amide bonds. The van der Waals surface area contributed by atoms with Gasteiger partial charge in [-0.1, -0.05) is 6.07 Å². The van der Waals surface area contributed by atoms with Crippen molar-refractivity contribution < 1.29 is 33.0 Å². The van der Waals surface area contributed by atoms with Gasteiger partial charge in [0.05, 0.1) is 12.2 Å². The highest BCUT2D eigenvalue weighted by molar-refractivity contribution is 6.01. The van der Waals surface area contributed by atoms with E-state index in [1.807, 2.05) is 0 Å². The molecule has 2 heterocycles. The normalized spacial score (nSPS) is 13.1. The van der Waals surface area contributed by atoms with Gasteiger partial charge >= 0.3 is 6.03 Å². The highest BCUT2D eigenvalue weighted by Gasteiger charge is 2.37.